The molecule has 0 spiro atoms. The molecule has 0 aromatic heterocycles. The monoisotopic (exact) mass is 235 g/mol. The molecule has 0 unspecified atom stereocenters. The minimum atomic E-state index is -1.52. The smallest absolute Gasteiger partial charge is 0.423 e. The summed E-state index contributed by atoms with van der Waals surface area (Å²) in [6, 6.07) is 5.03. The Balaban J connectivity index is 2.80. The number of hydrogen-bond acceptors (Lipinski definition) is 3. The van der Waals surface area contributed by atoms with E-state index in [9.17, 15) is 4.79 Å². The SMILES string of the molecule is Cc1cc(NC(=O)CC(C)C)cc(B(O)O)c1. The van der Waals surface area contributed by atoms with E-state index in [1.54, 1.807) is 18.2 Å². The Hall–Kier alpha value is -1.33. The van der Waals surface area contributed by atoms with Crippen molar-refractivity contribution in [3.05, 3.63) is 23.8 Å². The summed E-state index contributed by atoms with van der Waals surface area (Å²) in [5, 5.41) is 20.9. The Bertz CT molecular complexity index is 405. The van der Waals surface area contributed by atoms with Crippen LogP contribution in [0.4, 0.5) is 5.69 Å². The number of carbonyl (C=O) groups excluding carboxylic acids is 1. The molecule has 3 N–H and O–H groups in total. The van der Waals surface area contributed by atoms with Crippen LogP contribution in [-0.2, 0) is 4.79 Å². The molecule has 4 nitrogen and oxygen atoms in total. The molecule has 0 aliphatic heterocycles. The van der Waals surface area contributed by atoms with Gasteiger partial charge in [-0.15, -0.1) is 0 Å². The molecule has 0 saturated carbocycles. The number of hydrogen-bond donors (Lipinski definition) is 3. The number of anilines is 1. The van der Waals surface area contributed by atoms with Crippen molar-refractivity contribution in [2.45, 2.75) is 27.2 Å². The lowest BCUT2D eigenvalue weighted by Crippen LogP contribution is -2.30. The first-order valence-corrected chi connectivity index (χ1v) is 5.66. The summed E-state index contributed by atoms with van der Waals surface area (Å²) < 4.78 is 0. The van der Waals surface area contributed by atoms with Gasteiger partial charge in [-0.05, 0) is 36.0 Å². The van der Waals surface area contributed by atoms with Crippen molar-refractivity contribution in [1.29, 1.82) is 0 Å². The van der Waals surface area contributed by atoms with Crippen LogP contribution in [-0.4, -0.2) is 23.1 Å². The predicted octanol–water partition coefficient (Wildman–Crippen LogP) is 0.659. The van der Waals surface area contributed by atoms with E-state index in [4.69, 9.17) is 10.0 Å². The maximum atomic E-state index is 11.6. The van der Waals surface area contributed by atoms with Gasteiger partial charge in [-0.3, -0.25) is 4.79 Å². The number of rotatable bonds is 4. The molecule has 0 fully saturated rings. The third-order valence-corrected chi connectivity index (χ3v) is 2.28. The predicted molar refractivity (Wildman–Crippen MR) is 69.1 cm³/mol. The average molecular weight is 235 g/mol. The van der Waals surface area contributed by atoms with Crippen LogP contribution in [0.5, 0.6) is 0 Å². The lowest BCUT2D eigenvalue weighted by atomic mass is 9.79. The van der Waals surface area contributed by atoms with E-state index in [-0.39, 0.29) is 5.91 Å². The summed E-state index contributed by atoms with van der Waals surface area (Å²) in [6.07, 6.45) is 0.449. The van der Waals surface area contributed by atoms with Crippen molar-refractivity contribution < 1.29 is 14.8 Å². The van der Waals surface area contributed by atoms with Gasteiger partial charge in [0.1, 0.15) is 0 Å². The van der Waals surface area contributed by atoms with E-state index in [2.05, 4.69) is 5.32 Å². The van der Waals surface area contributed by atoms with Gasteiger partial charge < -0.3 is 15.4 Å². The highest BCUT2D eigenvalue weighted by molar-refractivity contribution is 6.58. The average Bonchev–Trinajstić information content (AvgIpc) is 2.14. The first-order valence-electron chi connectivity index (χ1n) is 5.66. The van der Waals surface area contributed by atoms with Crippen LogP contribution in [0, 0.1) is 12.8 Å². The van der Waals surface area contributed by atoms with Crippen LogP contribution < -0.4 is 10.8 Å². The van der Waals surface area contributed by atoms with E-state index in [1.807, 2.05) is 20.8 Å². The molecule has 0 atom stereocenters. The fraction of sp³-hybridized carbons (Fsp3) is 0.417. The lowest BCUT2D eigenvalue weighted by molar-refractivity contribution is -0.116. The molecule has 0 aliphatic rings. The largest absolute Gasteiger partial charge is 0.488 e. The highest BCUT2D eigenvalue weighted by Crippen LogP contribution is 2.10. The fourth-order valence-corrected chi connectivity index (χ4v) is 1.62. The minimum Gasteiger partial charge on any atom is -0.423 e. The summed E-state index contributed by atoms with van der Waals surface area (Å²) in [4.78, 5) is 11.6. The van der Waals surface area contributed by atoms with Crippen LogP contribution in [0.15, 0.2) is 18.2 Å². The summed E-state index contributed by atoms with van der Waals surface area (Å²) in [5.74, 6) is 0.228. The Morgan fingerprint density at radius 2 is 2.00 bits per heavy atom. The molecule has 1 aromatic rings. The van der Waals surface area contributed by atoms with Gasteiger partial charge in [-0.2, -0.15) is 0 Å². The Morgan fingerprint density at radius 3 is 2.53 bits per heavy atom. The normalized spacial score (nSPS) is 10.5. The summed E-state index contributed by atoms with van der Waals surface area (Å²) in [7, 11) is -1.52. The molecule has 0 aliphatic carbocycles. The molecule has 17 heavy (non-hydrogen) atoms. The zero-order chi connectivity index (χ0) is 13.0. The topological polar surface area (TPSA) is 69.6 Å². The molecule has 92 valence electrons. The van der Waals surface area contributed by atoms with E-state index in [0.717, 1.165) is 5.56 Å². The zero-order valence-electron chi connectivity index (χ0n) is 10.4. The van der Waals surface area contributed by atoms with Crippen LogP contribution in [0.25, 0.3) is 0 Å². The molecule has 0 radical (unpaired) electrons. The first kappa shape index (κ1) is 13.7. The zero-order valence-corrected chi connectivity index (χ0v) is 10.4. The number of nitrogens with one attached hydrogen (secondary N) is 1. The quantitative estimate of drug-likeness (QED) is 0.671. The molecule has 0 heterocycles. The summed E-state index contributed by atoms with van der Waals surface area (Å²) in [5.41, 5.74) is 1.85. The molecule has 1 amide bonds. The standard InChI is InChI=1S/C12H18BNO3/c1-8(2)4-12(15)14-11-6-9(3)5-10(7-11)13(16)17/h5-8,16-17H,4H2,1-3H3,(H,14,15). The van der Waals surface area contributed by atoms with Gasteiger partial charge in [0, 0.05) is 12.1 Å². The van der Waals surface area contributed by atoms with Gasteiger partial charge in [0.15, 0.2) is 0 Å². The molecule has 1 aromatic carbocycles. The molecule has 0 saturated heterocycles. The third kappa shape index (κ3) is 4.59. The molecular weight excluding hydrogens is 217 g/mol. The molecule has 5 heteroatoms. The molecule has 1 rings (SSSR count). The van der Waals surface area contributed by atoms with Crippen molar-refractivity contribution in [3.8, 4) is 0 Å². The fourth-order valence-electron chi connectivity index (χ4n) is 1.62. The van der Waals surface area contributed by atoms with Crippen molar-refractivity contribution in [3.63, 3.8) is 0 Å². The van der Waals surface area contributed by atoms with E-state index in [1.165, 1.54) is 0 Å². The van der Waals surface area contributed by atoms with Crippen LogP contribution in [0.1, 0.15) is 25.8 Å². The van der Waals surface area contributed by atoms with Crippen LogP contribution in [0.2, 0.25) is 0 Å². The summed E-state index contributed by atoms with van der Waals surface area (Å²) >= 11 is 0. The lowest BCUT2D eigenvalue weighted by Gasteiger charge is -2.10. The van der Waals surface area contributed by atoms with Crippen molar-refractivity contribution in [2.24, 2.45) is 5.92 Å². The van der Waals surface area contributed by atoms with Gasteiger partial charge >= 0.3 is 7.12 Å². The number of amides is 1. The van der Waals surface area contributed by atoms with Gasteiger partial charge in [-0.25, -0.2) is 0 Å². The molecule has 0 bridgehead atoms. The number of carbonyl (C=O) groups is 1. The highest BCUT2D eigenvalue weighted by Gasteiger charge is 2.13. The van der Waals surface area contributed by atoms with Gasteiger partial charge in [0.2, 0.25) is 5.91 Å². The van der Waals surface area contributed by atoms with Crippen molar-refractivity contribution in [2.75, 3.05) is 5.32 Å². The second-order valence-corrected chi connectivity index (χ2v) is 4.65. The van der Waals surface area contributed by atoms with Gasteiger partial charge in [-0.1, -0.05) is 19.9 Å². The maximum absolute atomic E-state index is 11.6. The Kier molecular flexibility index (Phi) is 4.72. The van der Waals surface area contributed by atoms with E-state index < -0.39 is 7.12 Å². The van der Waals surface area contributed by atoms with E-state index in [0.29, 0.717) is 23.5 Å². The Labute approximate surface area is 102 Å². The first-order chi connectivity index (χ1) is 7.88. The second kappa shape index (κ2) is 5.84. The van der Waals surface area contributed by atoms with Crippen molar-refractivity contribution >= 4 is 24.2 Å². The third-order valence-electron chi connectivity index (χ3n) is 2.28. The Morgan fingerprint density at radius 1 is 1.35 bits per heavy atom. The van der Waals surface area contributed by atoms with Crippen LogP contribution >= 0.6 is 0 Å². The highest BCUT2D eigenvalue weighted by atomic mass is 16.4. The minimum absolute atomic E-state index is 0.0658. The maximum Gasteiger partial charge on any atom is 0.488 e. The summed E-state index contributed by atoms with van der Waals surface area (Å²) in [6.45, 7) is 5.78. The number of benzene rings is 1. The second-order valence-electron chi connectivity index (χ2n) is 4.65. The van der Waals surface area contributed by atoms with Crippen molar-refractivity contribution in [1.82, 2.24) is 0 Å². The van der Waals surface area contributed by atoms with Crippen LogP contribution in [0.3, 0.4) is 0 Å². The van der Waals surface area contributed by atoms with Gasteiger partial charge in [0.05, 0.1) is 0 Å². The molecular formula is C12H18BNO3. The number of aryl methyl sites for hydroxylation is 1. The van der Waals surface area contributed by atoms with E-state index >= 15 is 0 Å². The van der Waals surface area contributed by atoms with Gasteiger partial charge in [0.25, 0.3) is 0 Å².